The largest absolute Gasteiger partial charge is 0.309 e. The minimum absolute atomic E-state index is 0.426. The average molecular weight is 317 g/mol. The van der Waals surface area contributed by atoms with E-state index in [9.17, 15) is 8.42 Å². The molecule has 2 rings (SSSR count). The number of nitrogens with one attached hydrogen (secondary N) is 2. The minimum Gasteiger partial charge on any atom is -0.309 e. The highest BCUT2D eigenvalue weighted by Gasteiger charge is 2.23. The lowest BCUT2D eigenvalue weighted by molar-refractivity contribution is 0.358. The Morgan fingerprint density at radius 2 is 2.20 bits per heavy atom. The third-order valence-corrected chi connectivity index (χ3v) is 6.04. The van der Waals surface area contributed by atoms with E-state index in [1.54, 1.807) is 6.07 Å². The molecule has 1 aromatic rings. The monoisotopic (exact) mass is 317 g/mol. The summed E-state index contributed by atoms with van der Waals surface area (Å²) < 4.78 is 27.3. The molecule has 20 heavy (non-hydrogen) atoms. The SMILES string of the molecule is CCN(C)CCNS(=O)(=O)c1ccsc1CNC1CC1. The Kier molecular flexibility index (Phi) is 5.57. The lowest BCUT2D eigenvalue weighted by Gasteiger charge is -2.14. The number of likely N-dealkylation sites (N-methyl/N-ethyl adjacent to an activating group) is 1. The summed E-state index contributed by atoms with van der Waals surface area (Å²) in [5, 5.41) is 5.21. The molecule has 1 saturated carbocycles. The van der Waals surface area contributed by atoms with Gasteiger partial charge in [-0.25, -0.2) is 13.1 Å². The summed E-state index contributed by atoms with van der Waals surface area (Å²) in [4.78, 5) is 3.40. The van der Waals surface area contributed by atoms with Gasteiger partial charge < -0.3 is 10.2 Å². The van der Waals surface area contributed by atoms with Gasteiger partial charge in [-0.3, -0.25) is 0 Å². The molecule has 1 heterocycles. The number of sulfonamides is 1. The van der Waals surface area contributed by atoms with Gasteiger partial charge in [0.1, 0.15) is 0 Å². The fraction of sp³-hybridized carbons (Fsp3) is 0.692. The van der Waals surface area contributed by atoms with Gasteiger partial charge in [-0.15, -0.1) is 11.3 Å². The zero-order valence-electron chi connectivity index (χ0n) is 12.1. The molecule has 0 unspecified atom stereocenters. The predicted octanol–water partition coefficient (Wildman–Crippen LogP) is 1.23. The topological polar surface area (TPSA) is 61.4 Å². The van der Waals surface area contributed by atoms with Crippen molar-refractivity contribution in [2.45, 2.75) is 37.2 Å². The number of nitrogens with zero attached hydrogens (tertiary/aromatic N) is 1. The van der Waals surface area contributed by atoms with Crippen molar-refractivity contribution in [3.05, 3.63) is 16.3 Å². The zero-order valence-corrected chi connectivity index (χ0v) is 13.7. The summed E-state index contributed by atoms with van der Waals surface area (Å²) in [6, 6.07) is 2.28. The van der Waals surface area contributed by atoms with Gasteiger partial charge in [-0.1, -0.05) is 6.92 Å². The molecule has 0 bridgehead atoms. The molecule has 0 aliphatic heterocycles. The van der Waals surface area contributed by atoms with Crippen molar-refractivity contribution in [2.75, 3.05) is 26.7 Å². The Morgan fingerprint density at radius 1 is 1.45 bits per heavy atom. The van der Waals surface area contributed by atoms with Gasteiger partial charge in [0, 0.05) is 30.6 Å². The van der Waals surface area contributed by atoms with Crippen LogP contribution in [-0.4, -0.2) is 46.0 Å². The van der Waals surface area contributed by atoms with Crippen LogP contribution in [-0.2, 0) is 16.6 Å². The van der Waals surface area contributed by atoms with Crippen molar-refractivity contribution in [3.63, 3.8) is 0 Å². The number of thiophene rings is 1. The van der Waals surface area contributed by atoms with E-state index in [0.717, 1.165) is 18.0 Å². The Bertz CT molecular complexity index is 523. The van der Waals surface area contributed by atoms with Crippen molar-refractivity contribution in [1.29, 1.82) is 0 Å². The van der Waals surface area contributed by atoms with Crippen LogP contribution in [0.25, 0.3) is 0 Å². The van der Waals surface area contributed by atoms with Crippen LogP contribution in [0.1, 0.15) is 24.6 Å². The van der Waals surface area contributed by atoms with Crippen LogP contribution in [0.3, 0.4) is 0 Å². The molecule has 0 aromatic carbocycles. The van der Waals surface area contributed by atoms with Gasteiger partial charge >= 0.3 is 0 Å². The maximum atomic E-state index is 12.3. The van der Waals surface area contributed by atoms with Gasteiger partial charge in [0.05, 0.1) is 4.90 Å². The molecule has 7 heteroatoms. The van der Waals surface area contributed by atoms with E-state index in [4.69, 9.17) is 0 Å². The molecule has 0 saturated heterocycles. The molecule has 0 spiro atoms. The quantitative estimate of drug-likeness (QED) is 0.719. The highest BCUT2D eigenvalue weighted by molar-refractivity contribution is 7.89. The van der Waals surface area contributed by atoms with Crippen LogP contribution in [0.5, 0.6) is 0 Å². The molecule has 114 valence electrons. The van der Waals surface area contributed by atoms with Crippen LogP contribution in [0.2, 0.25) is 0 Å². The number of hydrogen-bond donors (Lipinski definition) is 2. The zero-order chi connectivity index (χ0) is 14.6. The normalized spacial score (nSPS) is 15.9. The lowest BCUT2D eigenvalue weighted by Crippen LogP contribution is -2.33. The van der Waals surface area contributed by atoms with E-state index in [-0.39, 0.29) is 0 Å². The Morgan fingerprint density at radius 3 is 2.85 bits per heavy atom. The fourth-order valence-electron chi connectivity index (χ4n) is 1.83. The molecular weight excluding hydrogens is 294 g/mol. The molecule has 5 nitrogen and oxygen atoms in total. The molecule has 0 amide bonds. The van der Waals surface area contributed by atoms with Crippen LogP contribution in [0.4, 0.5) is 0 Å². The van der Waals surface area contributed by atoms with Crippen molar-refractivity contribution in [1.82, 2.24) is 14.9 Å². The second-order valence-corrected chi connectivity index (χ2v) is 7.89. The Balaban J connectivity index is 1.92. The smallest absolute Gasteiger partial charge is 0.241 e. The Labute approximate surface area is 125 Å². The first-order valence-corrected chi connectivity index (χ1v) is 9.37. The van der Waals surface area contributed by atoms with Crippen molar-refractivity contribution in [3.8, 4) is 0 Å². The van der Waals surface area contributed by atoms with E-state index in [1.165, 1.54) is 24.2 Å². The van der Waals surface area contributed by atoms with E-state index >= 15 is 0 Å². The van der Waals surface area contributed by atoms with E-state index < -0.39 is 10.0 Å². The third kappa shape index (κ3) is 4.53. The van der Waals surface area contributed by atoms with Gasteiger partial charge in [-0.05, 0) is 37.9 Å². The highest BCUT2D eigenvalue weighted by atomic mass is 32.2. The van der Waals surface area contributed by atoms with Crippen LogP contribution in [0.15, 0.2) is 16.3 Å². The van der Waals surface area contributed by atoms with E-state index in [0.29, 0.717) is 24.0 Å². The van der Waals surface area contributed by atoms with Crippen LogP contribution < -0.4 is 10.0 Å². The van der Waals surface area contributed by atoms with Crippen molar-refractivity contribution < 1.29 is 8.42 Å². The molecule has 1 aliphatic carbocycles. The summed E-state index contributed by atoms with van der Waals surface area (Å²) >= 11 is 1.50. The van der Waals surface area contributed by atoms with E-state index in [2.05, 4.69) is 21.9 Å². The third-order valence-electron chi connectivity index (χ3n) is 3.45. The summed E-state index contributed by atoms with van der Waals surface area (Å²) in [7, 11) is -1.41. The molecule has 2 N–H and O–H groups in total. The Hall–Kier alpha value is -0.470. The predicted molar refractivity (Wildman–Crippen MR) is 82.5 cm³/mol. The van der Waals surface area contributed by atoms with Crippen LogP contribution >= 0.6 is 11.3 Å². The highest BCUT2D eigenvalue weighted by Crippen LogP contribution is 2.24. The first kappa shape index (κ1) is 15.9. The van der Waals surface area contributed by atoms with Crippen molar-refractivity contribution in [2.24, 2.45) is 0 Å². The van der Waals surface area contributed by atoms with Gasteiger partial charge in [0.2, 0.25) is 10.0 Å². The molecule has 0 atom stereocenters. The van der Waals surface area contributed by atoms with Gasteiger partial charge in [-0.2, -0.15) is 0 Å². The first-order chi connectivity index (χ1) is 9.53. The number of rotatable bonds is 9. The maximum absolute atomic E-state index is 12.3. The summed E-state index contributed by atoms with van der Waals surface area (Å²) in [6.07, 6.45) is 2.41. The summed E-state index contributed by atoms with van der Waals surface area (Å²) in [6.45, 7) is 4.77. The van der Waals surface area contributed by atoms with Gasteiger partial charge in [0.25, 0.3) is 0 Å². The maximum Gasteiger partial charge on any atom is 0.241 e. The second-order valence-electron chi connectivity index (χ2n) is 5.16. The minimum atomic E-state index is -3.39. The molecular formula is C13H23N3O2S2. The average Bonchev–Trinajstić information content (AvgIpc) is 3.11. The first-order valence-electron chi connectivity index (χ1n) is 7.01. The second kappa shape index (κ2) is 7.00. The van der Waals surface area contributed by atoms with Crippen molar-refractivity contribution >= 4 is 21.4 Å². The summed E-state index contributed by atoms with van der Waals surface area (Å²) in [5.74, 6) is 0. The molecule has 1 aliphatic rings. The van der Waals surface area contributed by atoms with Gasteiger partial charge in [0.15, 0.2) is 0 Å². The lowest BCUT2D eigenvalue weighted by atomic mass is 10.4. The summed E-state index contributed by atoms with van der Waals surface area (Å²) in [5.41, 5.74) is 0. The molecule has 1 aromatic heterocycles. The standard InChI is InChI=1S/C13H23N3O2S2/c1-3-16(2)8-7-15-20(17,18)13-6-9-19-12(13)10-14-11-4-5-11/h6,9,11,14-15H,3-5,7-8,10H2,1-2H3. The number of hydrogen-bond acceptors (Lipinski definition) is 5. The molecule has 1 fully saturated rings. The fourth-order valence-corrected chi connectivity index (χ4v) is 4.24. The van der Waals surface area contributed by atoms with E-state index in [1.807, 2.05) is 12.4 Å². The molecule has 0 radical (unpaired) electrons. The van der Waals surface area contributed by atoms with Crippen LogP contribution in [0, 0.1) is 0 Å².